The molecular formula is C15H20N2O4. The molecule has 0 N–H and O–H groups in total. The summed E-state index contributed by atoms with van der Waals surface area (Å²) < 4.78 is 21.5. The van der Waals surface area contributed by atoms with Gasteiger partial charge in [-0.1, -0.05) is 0 Å². The fourth-order valence-corrected chi connectivity index (χ4v) is 2.47. The molecule has 1 fully saturated rings. The lowest BCUT2D eigenvalue weighted by atomic mass is 10.0. The Morgan fingerprint density at radius 1 is 1.10 bits per heavy atom. The maximum atomic E-state index is 9.62. The van der Waals surface area contributed by atoms with Crippen molar-refractivity contribution in [1.82, 2.24) is 4.90 Å². The van der Waals surface area contributed by atoms with Gasteiger partial charge in [0, 0.05) is 25.2 Å². The summed E-state index contributed by atoms with van der Waals surface area (Å²) in [6.07, 6.45) is 0. The molecule has 1 heterocycles. The van der Waals surface area contributed by atoms with Gasteiger partial charge in [-0.3, -0.25) is 4.90 Å². The van der Waals surface area contributed by atoms with E-state index in [9.17, 15) is 5.26 Å². The van der Waals surface area contributed by atoms with E-state index in [0.29, 0.717) is 43.6 Å². The Balaban J connectivity index is 2.46. The minimum atomic E-state index is -0.440. The van der Waals surface area contributed by atoms with Gasteiger partial charge in [0.25, 0.3) is 0 Å². The molecule has 6 nitrogen and oxygen atoms in total. The minimum Gasteiger partial charge on any atom is -0.496 e. The van der Waals surface area contributed by atoms with Crippen LogP contribution in [0.1, 0.15) is 11.6 Å². The van der Waals surface area contributed by atoms with Crippen molar-refractivity contribution in [3.8, 4) is 23.3 Å². The first-order valence-corrected chi connectivity index (χ1v) is 6.76. The van der Waals surface area contributed by atoms with Gasteiger partial charge >= 0.3 is 0 Å². The maximum Gasteiger partial charge on any atom is 0.132 e. The smallest absolute Gasteiger partial charge is 0.132 e. The second-order valence-corrected chi connectivity index (χ2v) is 4.63. The summed E-state index contributed by atoms with van der Waals surface area (Å²) >= 11 is 0. The number of methoxy groups -OCH3 is 3. The highest BCUT2D eigenvalue weighted by molar-refractivity contribution is 5.53. The van der Waals surface area contributed by atoms with Crippen LogP contribution in [0.2, 0.25) is 0 Å². The molecule has 0 bridgehead atoms. The van der Waals surface area contributed by atoms with Gasteiger partial charge in [-0.05, 0) is 0 Å². The van der Waals surface area contributed by atoms with Crippen molar-refractivity contribution in [1.29, 1.82) is 5.26 Å². The predicted octanol–water partition coefficient (Wildman–Crippen LogP) is 1.61. The molecule has 114 valence electrons. The van der Waals surface area contributed by atoms with E-state index in [1.807, 2.05) is 0 Å². The maximum absolute atomic E-state index is 9.62. The minimum absolute atomic E-state index is 0.440. The van der Waals surface area contributed by atoms with Crippen LogP contribution >= 0.6 is 0 Å². The molecule has 1 aliphatic heterocycles. The van der Waals surface area contributed by atoms with E-state index >= 15 is 0 Å². The van der Waals surface area contributed by atoms with E-state index in [-0.39, 0.29) is 0 Å². The van der Waals surface area contributed by atoms with E-state index < -0.39 is 6.04 Å². The third kappa shape index (κ3) is 3.20. The lowest BCUT2D eigenvalue weighted by Crippen LogP contribution is -2.38. The molecule has 1 aromatic carbocycles. The Labute approximate surface area is 124 Å². The van der Waals surface area contributed by atoms with Crippen LogP contribution in [-0.4, -0.2) is 52.5 Å². The molecule has 1 unspecified atom stereocenters. The number of nitrogens with zero attached hydrogens (tertiary/aromatic N) is 2. The zero-order valence-corrected chi connectivity index (χ0v) is 12.6. The predicted molar refractivity (Wildman–Crippen MR) is 76.8 cm³/mol. The average Bonchev–Trinajstić information content (AvgIpc) is 2.56. The SMILES string of the molecule is COc1cc(OC)c(C(C#N)N2CCOCC2)c(OC)c1. The van der Waals surface area contributed by atoms with Crippen LogP contribution in [0.3, 0.4) is 0 Å². The summed E-state index contributed by atoms with van der Waals surface area (Å²) in [5.74, 6) is 1.81. The van der Waals surface area contributed by atoms with Crippen molar-refractivity contribution >= 4 is 0 Å². The molecule has 21 heavy (non-hydrogen) atoms. The van der Waals surface area contributed by atoms with Gasteiger partial charge in [0.05, 0.1) is 46.2 Å². The lowest BCUT2D eigenvalue weighted by molar-refractivity contribution is 0.0258. The van der Waals surface area contributed by atoms with Crippen molar-refractivity contribution in [3.63, 3.8) is 0 Å². The van der Waals surface area contributed by atoms with E-state index in [1.54, 1.807) is 33.5 Å². The fraction of sp³-hybridized carbons (Fsp3) is 0.533. The third-order valence-electron chi connectivity index (χ3n) is 3.56. The van der Waals surface area contributed by atoms with E-state index in [0.717, 1.165) is 5.56 Å². The molecule has 0 radical (unpaired) electrons. The topological polar surface area (TPSA) is 64.0 Å². The normalized spacial score (nSPS) is 16.9. The molecule has 1 atom stereocenters. The molecule has 0 spiro atoms. The van der Waals surface area contributed by atoms with Crippen molar-refractivity contribution in [2.45, 2.75) is 6.04 Å². The van der Waals surface area contributed by atoms with Gasteiger partial charge in [-0.15, -0.1) is 0 Å². The highest BCUT2D eigenvalue weighted by atomic mass is 16.5. The summed E-state index contributed by atoms with van der Waals surface area (Å²) in [7, 11) is 4.73. The standard InChI is InChI=1S/C15H20N2O4/c1-18-11-8-13(19-2)15(14(9-11)20-3)12(10-16)17-4-6-21-7-5-17/h8-9,12H,4-7H2,1-3H3. The second kappa shape index (κ2) is 7.16. The number of ether oxygens (including phenoxy) is 4. The van der Waals surface area contributed by atoms with Gasteiger partial charge in [-0.25, -0.2) is 0 Å². The largest absolute Gasteiger partial charge is 0.496 e. The molecule has 6 heteroatoms. The van der Waals surface area contributed by atoms with E-state index in [2.05, 4.69) is 11.0 Å². The van der Waals surface area contributed by atoms with Gasteiger partial charge < -0.3 is 18.9 Å². The molecule has 1 saturated heterocycles. The van der Waals surface area contributed by atoms with Crippen LogP contribution in [0.25, 0.3) is 0 Å². The Bertz CT molecular complexity index is 496. The molecule has 0 aromatic heterocycles. The van der Waals surface area contributed by atoms with Crippen molar-refractivity contribution in [2.75, 3.05) is 47.6 Å². The first-order valence-electron chi connectivity index (χ1n) is 6.76. The van der Waals surface area contributed by atoms with Crippen LogP contribution in [0.4, 0.5) is 0 Å². The number of hydrogen-bond donors (Lipinski definition) is 0. The zero-order valence-electron chi connectivity index (χ0n) is 12.6. The third-order valence-corrected chi connectivity index (χ3v) is 3.56. The fourth-order valence-electron chi connectivity index (χ4n) is 2.47. The van der Waals surface area contributed by atoms with Crippen LogP contribution in [0.15, 0.2) is 12.1 Å². The Morgan fingerprint density at radius 3 is 2.10 bits per heavy atom. The van der Waals surface area contributed by atoms with Crippen molar-refractivity contribution in [2.24, 2.45) is 0 Å². The van der Waals surface area contributed by atoms with Gasteiger partial charge in [0.1, 0.15) is 23.3 Å². The second-order valence-electron chi connectivity index (χ2n) is 4.63. The summed E-state index contributed by atoms with van der Waals surface area (Å²) in [6.45, 7) is 2.66. The molecule has 2 rings (SSSR count). The average molecular weight is 292 g/mol. The highest BCUT2D eigenvalue weighted by Gasteiger charge is 2.29. The van der Waals surface area contributed by atoms with Crippen LogP contribution in [0, 0.1) is 11.3 Å². The van der Waals surface area contributed by atoms with E-state index in [4.69, 9.17) is 18.9 Å². The molecule has 0 amide bonds. The van der Waals surface area contributed by atoms with Crippen LogP contribution in [0.5, 0.6) is 17.2 Å². The summed E-state index contributed by atoms with van der Waals surface area (Å²) in [5, 5.41) is 9.62. The van der Waals surface area contributed by atoms with Crippen molar-refractivity contribution < 1.29 is 18.9 Å². The number of nitriles is 1. The molecule has 1 aliphatic rings. The molecular weight excluding hydrogens is 272 g/mol. The Hall–Kier alpha value is -1.97. The number of rotatable bonds is 5. The summed E-state index contributed by atoms with van der Waals surface area (Å²) in [5.41, 5.74) is 0.727. The number of morpholine rings is 1. The summed E-state index contributed by atoms with van der Waals surface area (Å²) in [4.78, 5) is 2.07. The first kappa shape index (κ1) is 15.4. The lowest BCUT2D eigenvalue weighted by Gasteiger charge is -2.32. The first-order chi connectivity index (χ1) is 10.2. The summed E-state index contributed by atoms with van der Waals surface area (Å²) in [6, 6.07) is 5.44. The molecule has 1 aromatic rings. The van der Waals surface area contributed by atoms with Gasteiger partial charge in [-0.2, -0.15) is 5.26 Å². The molecule has 0 aliphatic carbocycles. The highest BCUT2D eigenvalue weighted by Crippen LogP contribution is 2.40. The number of hydrogen-bond acceptors (Lipinski definition) is 6. The monoisotopic (exact) mass is 292 g/mol. The van der Waals surface area contributed by atoms with Gasteiger partial charge in [0.15, 0.2) is 0 Å². The Kier molecular flexibility index (Phi) is 5.26. The quantitative estimate of drug-likeness (QED) is 0.821. The zero-order chi connectivity index (χ0) is 15.2. The molecule has 0 saturated carbocycles. The van der Waals surface area contributed by atoms with Gasteiger partial charge in [0.2, 0.25) is 0 Å². The van der Waals surface area contributed by atoms with Crippen LogP contribution in [-0.2, 0) is 4.74 Å². The van der Waals surface area contributed by atoms with Crippen molar-refractivity contribution in [3.05, 3.63) is 17.7 Å². The van der Waals surface area contributed by atoms with E-state index in [1.165, 1.54) is 0 Å². The Morgan fingerprint density at radius 2 is 1.67 bits per heavy atom. The van der Waals surface area contributed by atoms with Crippen LogP contribution < -0.4 is 14.2 Å². The number of benzene rings is 1.